The summed E-state index contributed by atoms with van der Waals surface area (Å²) in [4.78, 5) is 17.0. The molecule has 4 rings (SSSR count). The second kappa shape index (κ2) is 8.56. The van der Waals surface area contributed by atoms with E-state index in [2.05, 4.69) is 40.1 Å². The van der Waals surface area contributed by atoms with Crippen LogP contribution in [0, 0.1) is 6.92 Å². The first-order valence-corrected chi connectivity index (χ1v) is 11.0. The summed E-state index contributed by atoms with van der Waals surface area (Å²) in [5.74, 6) is 0.830. The van der Waals surface area contributed by atoms with Crippen LogP contribution < -0.4 is 16.2 Å². The summed E-state index contributed by atoms with van der Waals surface area (Å²) in [5.41, 5.74) is 10.3. The maximum Gasteiger partial charge on any atom is 0.338 e. The second-order valence-corrected chi connectivity index (χ2v) is 9.18. The smallest absolute Gasteiger partial charge is 0.298 e. The van der Waals surface area contributed by atoms with E-state index in [1.54, 1.807) is 4.68 Å². The van der Waals surface area contributed by atoms with Gasteiger partial charge in [0.15, 0.2) is 5.65 Å². The van der Waals surface area contributed by atoms with E-state index in [1.807, 2.05) is 56.4 Å². The lowest BCUT2D eigenvalue weighted by molar-refractivity contribution is 0.254. The van der Waals surface area contributed by atoms with Crippen LogP contribution in [-0.2, 0) is 7.05 Å². The van der Waals surface area contributed by atoms with E-state index in [-0.39, 0.29) is 5.92 Å². The summed E-state index contributed by atoms with van der Waals surface area (Å²) >= 11 is 7.68. The molecule has 160 valence electrons. The second-order valence-electron chi connectivity index (χ2n) is 7.53. The number of carbonyl (C=O) groups is 1. The molecule has 1 aromatic carbocycles. The van der Waals surface area contributed by atoms with Crippen molar-refractivity contribution in [3.05, 3.63) is 58.1 Å². The molecule has 0 spiro atoms. The van der Waals surface area contributed by atoms with Gasteiger partial charge in [0.1, 0.15) is 10.2 Å². The molecule has 0 unspecified atom stereocenters. The SMILES string of the molecule is Cc1nn(C)c2nc(NNC(=O)Nc3cc(-c4ccccc4)c(Cl)s3)cc(C(C)C)c12. The van der Waals surface area contributed by atoms with Gasteiger partial charge in [-0.3, -0.25) is 20.9 Å². The number of hydrazine groups is 1. The number of nitrogens with one attached hydrogen (secondary N) is 3. The van der Waals surface area contributed by atoms with Crippen LogP contribution in [0.1, 0.15) is 31.0 Å². The molecule has 0 aliphatic heterocycles. The van der Waals surface area contributed by atoms with Gasteiger partial charge in [-0.1, -0.05) is 55.8 Å². The zero-order valence-electron chi connectivity index (χ0n) is 17.7. The summed E-state index contributed by atoms with van der Waals surface area (Å²) in [5, 5.41) is 8.99. The van der Waals surface area contributed by atoms with Crippen LogP contribution in [0.2, 0.25) is 4.34 Å². The normalized spacial score (nSPS) is 11.2. The Morgan fingerprint density at radius 3 is 2.65 bits per heavy atom. The number of benzene rings is 1. The van der Waals surface area contributed by atoms with Crippen LogP contribution in [0.4, 0.5) is 15.6 Å². The number of thiophene rings is 1. The minimum Gasteiger partial charge on any atom is -0.298 e. The quantitative estimate of drug-likeness (QED) is 0.326. The van der Waals surface area contributed by atoms with Crippen molar-refractivity contribution in [1.29, 1.82) is 0 Å². The van der Waals surface area contributed by atoms with E-state index in [0.717, 1.165) is 33.4 Å². The molecule has 0 radical (unpaired) electrons. The zero-order valence-corrected chi connectivity index (χ0v) is 19.2. The Morgan fingerprint density at radius 1 is 1.19 bits per heavy atom. The molecule has 3 aromatic heterocycles. The van der Waals surface area contributed by atoms with E-state index < -0.39 is 6.03 Å². The van der Waals surface area contributed by atoms with Crippen molar-refractivity contribution in [2.75, 3.05) is 10.7 Å². The lowest BCUT2D eigenvalue weighted by atomic mass is 10.00. The van der Waals surface area contributed by atoms with E-state index >= 15 is 0 Å². The summed E-state index contributed by atoms with van der Waals surface area (Å²) in [7, 11) is 1.86. The third-order valence-corrected chi connectivity index (χ3v) is 6.21. The van der Waals surface area contributed by atoms with E-state index in [4.69, 9.17) is 11.6 Å². The number of urea groups is 1. The number of nitrogens with zero attached hydrogens (tertiary/aromatic N) is 3. The van der Waals surface area contributed by atoms with Crippen molar-refractivity contribution in [3.63, 3.8) is 0 Å². The Kier molecular flexibility index (Phi) is 5.84. The van der Waals surface area contributed by atoms with Gasteiger partial charge < -0.3 is 0 Å². The van der Waals surface area contributed by atoms with Gasteiger partial charge in [-0.25, -0.2) is 9.78 Å². The molecule has 0 bridgehead atoms. The van der Waals surface area contributed by atoms with E-state index in [1.165, 1.54) is 11.3 Å². The molecule has 3 N–H and O–H groups in total. The molecule has 7 nitrogen and oxygen atoms in total. The van der Waals surface area contributed by atoms with Crippen LogP contribution in [0.15, 0.2) is 42.5 Å². The number of aryl methyl sites for hydroxylation is 2. The molecule has 2 amide bonds. The number of rotatable bonds is 5. The summed E-state index contributed by atoms with van der Waals surface area (Å²) in [6.07, 6.45) is 0. The molecule has 3 heterocycles. The summed E-state index contributed by atoms with van der Waals surface area (Å²) in [6, 6.07) is 13.2. The minimum absolute atomic E-state index is 0.285. The van der Waals surface area contributed by atoms with Gasteiger partial charge in [-0.2, -0.15) is 5.10 Å². The van der Waals surface area contributed by atoms with Gasteiger partial charge in [0.05, 0.1) is 10.7 Å². The van der Waals surface area contributed by atoms with Gasteiger partial charge in [-0.05, 0) is 36.1 Å². The van der Waals surface area contributed by atoms with Gasteiger partial charge >= 0.3 is 6.03 Å². The minimum atomic E-state index is -0.410. The van der Waals surface area contributed by atoms with Crippen molar-refractivity contribution in [2.24, 2.45) is 7.05 Å². The van der Waals surface area contributed by atoms with Crippen LogP contribution in [-0.4, -0.2) is 20.8 Å². The Morgan fingerprint density at radius 2 is 1.94 bits per heavy atom. The monoisotopic (exact) mass is 454 g/mol. The molecule has 0 atom stereocenters. The highest BCUT2D eigenvalue weighted by molar-refractivity contribution is 7.20. The van der Waals surface area contributed by atoms with Crippen molar-refractivity contribution in [2.45, 2.75) is 26.7 Å². The third kappa shape index (κ3) is 4.35. The standard InChI is InChI=1S/C22H23ClN6OS/c1-12(2)15-10-17(24-21-19(15)13(3)28-29(21)4)26-27-22(30)25-18-11-16(20(23)31-18)14-8-6-5-7-9-14/h5-12H,1-4H3,(H,24,26)(H2,25,27,30). The number of amides is 2. The number of hydrogen-bond acceptors (Lipinski definition) is 5. The lowest BCUT2D eigenvalue weighted by Crippen LogP contribution is -2.33. The van der Waals surface area contributed by atoms with Gasteiger partial charge in [0.25, 0.3) is 0 Å². The Hall–Kier alpha value is -3.10. The highest BCUT2D eigenvalue weighted by atomic mass is 35.5. The molecule has 0 aliphatic carbocycles. The summed E-state index contributed by atoms with van der Waals surface area (Å²) < 4.78 is 2.37. The molecule has 0 saturated carbocycles. The predicted octanol–water partition coefficient (Wildman–Crippen LogP) is 5.93. The maximum atomic E-state index is 12.4. The molecule has 0 aliphatic rings. The highest BCUT2D eigenvalue weighted by Crippen LogP contribution is 2.38. The lowest BCUT2D eigenvalue weighted by Gasteiger charge is -2.13. The van der Waals surface area contributed by atoms with Crippen molar-refractivity contribution >= 4 is 50.8 Å². The Balaban J connectivity index is 1.48. The Labute approximate surface area is 189 Å². The number of anilines is 2. The molecule has 31 heavy (non-hydrogen) atoms. The van der Waals surface area contributed by atoms with E-state index in [0.29, 0.717) is 15.2 Å². The van der Waals surface area contributed by atoms with Crippen LogP contribution in [0.3, 0.4) is 0 Å². The fourth-order valence-electron chi connectivity index (χ4n) is 3.51. The van der Waals surface area contributed by atoms with Crippen LogP contribution in [0.25, 0.3) is 22.2 Å². The van der Waals surface area contributed by atoms with Gasteiger partial charge in [0, 0.05) is 18.0 Å². The number of carbonyl (C=O) groups excluding carboxylic acids is 1. The topological polar surface area (TPSA) is 83.9 Å². The van der Waals surface area contributed by atoms with Crippen LogP contribution in [0.5, 0.6) is 0 Å². The first kappa shape index (κ1) is 21.1. The first-order valence-electron chi connectivity index (χ1n) is 9.85. The molecular weight excluding hydrogens is 432 g/mol. The number of fused-ring (bicyclic) bond motifs is 1. The fraction of sp³-hybridized carbons (Fsp3) is 0.227. The van der Waals surface area contributed by atoms with E-state index in [9.17, 15) is 4.79 Å². The van der Waals surface area contributed by atoms with Gasteiger partial charge in [0.2, 0.25) is 0 Å². The third-order valence-electron chi connectivity index (χ3n) is 4.93. The highest BCUT2D eigenvalue weighted by Gasteiger charge is 2.16. The van der Waals surface area contributed by atoms with Crippen molar-refractivity contribution < 1.29 is 4.79 Å². The number of halogens is 1. The molecular formula is C22H23ClN6OS. The van der Waals surface area contributed by atoms with Gasteiger partial charge in [-0.15, -0.1) is 11.3 Å². The molecule has 9 heteroatoms. The molecule has 0 fully saturated rings. The first-order chi connectivity index (χ1) is 14.8. The molecule has 0 saturated heterocycles. The molecule has 4 aromatic rings. The predicted molar refractivity (Wildman–Crippen MR) is 128 cm³/mol. The fourth-order valence-corrected chi connectivity index (χ4v) is 4.72. The van der Waals surface area contributed by atoms with Crippen molar-refractivity contribution in [3.8, 4) is 11.1 Å². The van der Waals surface area contributed by atoms with Crippen molar-refractivity contribution in [1.82, 2.24) is 20.2 Å². The maximum absolute atomic E-state index is 12.4. The average molecular weight is 455 g/mol. The average Bonchev–Trinajstić information content (AvgIpc) is 3.25. The largest absolute Gasteiger partial charge is 0.338 e. The number of hydrogen-bond donors (Lipinski definition) is 3. The van der Waals surface area contributed by atoms with Crippen LogP contribution >= 0.6 is 22.9 Å². The summed E-state index contributed by atoms with van der Waals surface area (Å²) in [6.45, 7) is 6.22. The number of pyridine rings is 1. The zero-order chi connectivity index (χ0) is 22.1. The number of aromatic nitrogens is 3. The Bertz CT molecular complexity index is 1250.